The molecule has 0 spiro atoms. The number of thiophene rings is 1. The fraction of sp³-hybridized carbons (Fsp3) is 0.379. The molecule has 2 atom stereocenters. The van der Waals surface area contributed by atoms with Gasteiger partial charge in [-0.1, -0.05) is 62.4 Å². The Bertz CT molecular complexity index is 1190. The first-order valence-corrected chi connectivity index (χ1v) is 13.4. The number of nitrogens with zero attached hydrogens (tertiary/aromatic N) is 2. The minimum Gasteiger partial charge on any atom is -0.354 e. The van der Waals surface area contributed by atoms with Crippen LogP contribution >= 0.6 is 11.3 Å². The van der Waals surface area contributed by atoms with E-state index in [1.807, 2.05) is 40.6 Å². The molecule has 0 saturated carbocycles. The molecule has 35 heavy (non-hydrogen) atoms. The van der Waals surface area contributed by atoms with Gasteiger partial charge in [0.05, 0.1) is 12.0 Å². The molecule has 0 radical (unpaired) electrons. The van der Waals surface area contributed by atoms with Crippen molar-refractivity contribution in [3.8, 4) is 0 Å². The third kappa shape index (κ3) is 4.91. The van der Waals surface area contributed by atoms with Gasteiger partial charge < -0.3 is 10.2 Å². The Morgan fingerprint density at radius 1 is 1.06 bits per heavy atom. The molecule has 2 aliphatic heterocycles. The number of hydrogen-bond acceptors (Lipinski definition) is 4. The Hall–Kier alpha value is -2.96. The summed E-state index contributed by atoms with van der Waals surface area (Å²) in [4.78, 5) is 32.7. The van der Waals surface area contributed by atoms with E-state index in [0.717, 1.165) is 36.5 Å². The van der Waals surface area contributed by atoms with E-state index < -0.39 is 5.92 Å². The van der Waals surface area contributed by atoms with Crippen molar-refractivity contribution in [3.05, 3.63) is 93.2 Å². The molecule has 3 aromatic rings. The van der Waals surface area contributed by atoms with E-state index in [1.54, 1.807) is 11.3 Å². The average Bonchev–Trinajstić information content (AvgIpc) is 3.40. The molecule has 0 fully saturated rings. The predicted octanol–water partition coefficient (Wildman–Crippen LogP) is 4.86. The standard InChI is InChI=1S/C29H33N3O2S/c1-20(2)18-32-27(25-12-7-17-35-25)26(23-10-5-6-11-24(23)29(32)34)28(33)30-14-16-31-15-13-21-8-3-4-9-22(21)19-31/h3-12,17,20,26-27H,13-16,18-19H2,1-2H3,(H,30,33)/t26-,27+/m0/s1. The zero-order valence-corrected chi connectivity index (χ0v) is 21.3. The van der Waals surface area contributed by atoms with Gasteiger partial charge in [-0.05, 0) is 46.5 Å². The van der Waals surface area contributed by atoms with Crippen LogP contribution in [0.15, 0.2) is 66.0 Å². The first kappa shape index (κ1) is 23.8. The number of carbonyl (C=O) groups excluding carboxylic acids is 2. The number of nitrogens with one attached hydrogen (secondary N) is 1. The van der Waals surface area contributed by atoms with Crippen LogP contribution in [0.1, 0.15) is 57.7 Å². The van der Waals surface area contributed by atoms with Crippen LogP contribution in [0.25, 0.3) is 0 Å². The van der Waals surface area contributed by atoms with Gasteiger partial charge >= 0.3 is 0 Å². The van der Waals surface area contributed by atoms with Crippen molar-refractivity contribution in [1.29, 1.82) is 0 Å². The predicted molar refractivity (Wildman–Crippen MR) is 141 cm³/mol. The Morgan fingerprint density at radius 2 is 1.83 bits per heavy atom. The maximum absolute atomic E-state index is 13.8. The highest BCUT2D eigenvalue weighted by molar-refractivity contribution is 7.10. The van der Waals surface area contributed by atoms with Gasteiger partial charge in [0.1, 0.15) is 0 Å². The number of fused-ring (bicyclic) bond motifs is 2. The normalized spacial score (nSPS) is 20.0. The Labute approximate surface area is 211 Å². The smallest absolute Gasteiger partial charge is 0.254 e. The topological polar surface area (TPSA) is 52.7 Å². The highest BCUT2D eigenvalue weighted by Gasteiger charge is 2.44. The lowest BCUT2D eigenvalue weighted by Gasteiger charge is -2.42. The van der Waals surface area contributed by atoms with Gasteiger partial charge in [-0.25, -0.2) is 0 Å². The minimum atomic E-state index is -0.427. The van der Waals surface area contributed by atoms with Crippen LogP contribution in [0.2, 0.25) is 0 Å². The number of carbonyl (C=O) groups is 2. The molecule has 3 heterocycles. The summed E-state index contributed by atoms with van der Waals surface area (Å²) in [5.41, 5.74) is 4.29. The van der Waals surface area contributed by atoms with Crippen LogP contribution in [-0.2, 0) is 17.8 Å². The zero-order chi connectivity index (χ0) is 24.4. The van der Waals surface area contributed by atoms with E-state index in [1.165, 1.54) is 11.1 Å². The van der Waals surface area contributed by atoms with Gasteiger partial charge in [0.2, 0.25) is 5.91 Å². The lowest BCUT2D eigenvalue weighted by atomic mass is 9.81. The zero-order valence-electron chi connectivity index (χ0n) is 20.4. The number of hydrogen-bond donors (Lipinski definition) is 1. The van der Waals surface area contributed by atoms with E-state index in [4.69, 9.17) is 0 Å². The van der Waals surface area contributed by atoms with Gasteiger partial charge in [0.15, 0.2) is 0 Å². The monoisotopic (exact) mass is 487 g/mol. The third-order valence-corrected chi connectivity index (χ3v) is 8.00. The SMILES string of the molecule is CC(C)CN1C(=O)c2ccccc2[C@H](C(=O)NCCN2CCc3ccccc3C2)[C@H]1c1cccs1. The summed E-state index contributed by atoms with van der Waals surface area (Å²) in [5.74, 6) is -0.112. The first-order chi connectivity index (χ1) is 17.0. The first-order valence-electron chi connectivity index (χ1n) is 12.5. The lowest BCUT2D eigenvalue weighted by molar-refractivity contribution is -0.124. The molecule has 0 unspecified atom stereocenters. The van der Waals surface area contributed by atoms with Crippen molar-refractivity contribution in [1.82, 2.24) is 15.1 Å². The van der Waals surface area contributed by atoms with Crippen molar-refractivity contribution in [2.24, 2.45) is 5.92 Å². The molecule has 1 N–H and O–H groups in total. The largest absolute Gasteiger partial charge is 0.354 e. The highest BCUT2D eigenvalue weighted by atomic mass is 32.1. The van der Waals surface area contributed by atoms with Crippen LogP contribution in [0.5, 0.6) is 0 Å². The van der Waals surface area contributed by atoms with E-state index >= 15 is 0 Å². The van der Waals surface area contributed by atoms with Crippen LogP contribution in [-0.4, -0.2) is 47.8 Å². The van der Waals surface area contributed by atoms with Gasteiger partial charge in [-0.3, -0.25) is 14.5 Å². The van der Waals surface area contributed by atoms with Crippen LogP contribution in [0.4, 0.5) is 0 Å². The molecule has 0 bridgehead atoms. The molecule has 5 nitrogen and oxygen atoms in total. The molecular formula is C29H33N3O2S. The molecule has 6 heteroatoms. The summed E-state index contributed by atoms with van der Waals surface area (Å²) < 4.78 is 0. The molecule has 2 amide bonds. The lowest BCUT2D eigenvalue weighted by Crippen LogP contribution is -2.49. The number of rotatable bonds is 7. The molecule has 2 aliphatic rings. The van der Waals surface area contributed by atoms with Crippen LogP contribution < -0.4 is 5.32 Å². The second-order valence-corrected chi connectivity index (χ2v) is 10.9. The fourth-order valence-electron chi connectivity index (χ4n) is 5.44. The molecule has 0 saturated heterocycles. The van der Waals surface area contributed by atoms with Crippen molar-refractivity contribution in [2.45, 2.75) is 38.8 Å². The van der Waals surface area contributed by atoms with E-state index in [0.29, 0.717) is 24.6 Å². The molecule has 5 rings (SSSR count). The quantitative estimate of drug-likeness (QED) is 0.518. The van der Waals surface area contributed by atoms with E-state index in [9.17, 15) is 9.59 Å². The Balaban J connectivity index is 1.36. The van der Waals surface area contributed by atoms with Crippen molar-refractivity contribution in [2.75, 3.05) is 26.2 Å². The van der Waals surface area contributed by atoms with Crippen LogP contribution in [0, 0.1) is 5.92 Å². The summed E-state index contributed by atoms with van der Waals surface area (Å²) >= 11 is 1.62. The third-order valence-electron chi connectivity index (χ3n) is 7.05. The Morgan fingerprint density at radius 3 is 2.60 bits per heavy atom. The summed E-state index contributed by atoms with van der Waals surface area (Å²) in [6.45, 7) is 8.19. The molecule has 2 aromatic carbocycles. The van der Waals surface area contributed by atoms with Gasteiger partial charge in [-0.15, -0.1) is 11.3 Å². The van der Waals surface area contributed by atoms with Crippen LogP contribution in [0.3, 0.4) is 0 Å². The number of amides is 2. The maximum atomic E-state index is 13.8. The molecule has 1 aromatic heterocycles. The summed E-state index contributed by atoms with van der Waals surface area (Å²) in [7, 11) is 0. The van der Waals surface area contributed by atoms with E-state index in [-0.39, 0.29) is 17.9 Å². The summed E-state index contributed by atoms with van der Waals surface area (Å²) in [6, 6.07) is 20.0. The van der Waals surface area contributed by atoms with Gasteiger partial charge in [0, 0.05) is 43.2 Å². The fourth-order valence-corrected chi connectivity index (χ4v) is 6.31. The molecular weight excluding hydrogens is 454 g/mol. The average molecular weight is 488 g/mol. The maximum Gasteiger partial charge on any atom is 0.254 e. The summed E-state index contributed by atoms with van der Waals surface area (Å²) in [6.07, 6.45) is 1.05. The second-order valence-electron chi connectivity index (χ2n) is 9.96. The molecule has 0 aliphatic carbocycles. The summed E-state index contributed by atoms with van der Waals surface area (Å²) in [5, 5.41) is 5.26. The highest BCUT2D eigenvalue weighted by Crippen LogP contribution is 2.44. The van der Waals surface area contributed by atoms with E-state index in [2.05, 4.69) is 54.4 Å². The van der Waals surface area contributed by atoms with Crippen molar-refractivity contribution < 1.29 is 9.59 Å². The number of benzene rings is 2. The Kier molecular flexibility index (Phi) is 7.02. The molecule has 182 valence electrons. The van der Waals surface area contributed by atoms with Gasteiger partial charge in [0.25, 0.3) is 5.91 Å². The van der Waals surface area contributed by atoms with Gasteiger partial charge in [-0.2, -0.15) is 0 Å². The minimum absolute atomic E-state index is 0.00508. The van der Waals surface area contributed by atoms with Crippen molar-refractivity contribution >= 4 is 23.2 Å². The second kappa shape index (κ2) is 10.3. The van der Waals surface area contributed by atoms with Crippen molar-refractivity contribution in [3.63, 3.8) is 0 Å².